The van der Waals surface area contributed by atoms with Crippen molar-refractivity contribution in [3.63, 3.8) is 0 Å². The first-order chi connectivity index (χ1) is 16.1. The highest BCUT2D eigenvalue weighted by Crippen LogP contribution is 2.25. The van der Waals surface area contributed by atoms with E-state index in [1.165, 1.54) is 57.8 Å². The number of hydrogen-bond acceptors (Lipinski definition) is 3. The summed E-state index contributed by atoms with van der Waals surface area (Å²) in [6, 6.07) is 9.74. The summed E-state index contributed by atoms with van der Waals surface area (Å²) in [7, 11) is 3.60. The molecule has 0 spiro atoms. The van der Waals surface area contributed by atoms with Gasteiger partial charge in [-0.2, -0.15) is 0 Å². The number of aromatic nitrogens is 1. The van der Waals surface area contributed by atoms with Gasteiger partial charge >= 0.3 is 0 Å². The van der Waals surface area contributed by atoms with Crippen molar-refractivity contribution in [2.75, 3.05) is 13.7 Å². The minimum atomic E-state index is -0.0273. The van der Waals surface area contributed by atoms with E-state index in [0.29, 0.717) is 18.9 Å². The summed E-state index contributed by atoms with van der Waals surface area (Å²) in [5.41, 5.74) is 1.94. The van der Waals surface area contributed by atoms with Crippen molar-refractivity contribution in [2.45, 2.75) is 84.1 Å². The molecule has 0 saturated heterocycles. The molecule has 1 amide bonds. The van der Waals surface area contributed by atoms with Crippen LogP contribution in [0.1, 0.15) is 82.3 Å². The number of carbonyl (C=O) groups excluding carboxylic acids is 1. The van der Waals surface area contributed by atoms with E-state index < -0.39 is 0 Å². The molecule has 5 nitrogen and oxygen atoms in total. The van der Waals surface area contributed by atoms with Gasteiger partial charge in [-0.25, -0.2) is 4.57 Å². The summed E-state index contributed by atoms with van der Waals surface area (Å²) in [6.07, 6.45) is 17.3. The molecule has 0 atom stereocenters. The largest absolute Gasteiger partial charge is 0.496 e. The minimum Gasteiger partial charge on any atom is -0.496 e. The highest BCUT2D eigenvalue weighted by molar-refractivity contribution is 5.79. The first-order valence-electron chi connectivity index (χ1n) is 12.6. The molecule has 0 unspecified atom stereocenters. The average Bonchev–Trinajstić information content (AvgIpc) is 2.83. The number of aryl methyl sites for hydroxylation is 1. The number of ether oxygens (including phenoxy) is 2. The topological polar surface area (TPSA) is 51.4 Å². The number of nitrogens with zero attached hydrogens (tertiary/aromatic N) is 1. The fraction of sp³-hybridized carbons (Fsp3) is 0.571. The second-order valence-corrected chi connectivity index (χ2v) is 8.83. The molecule has 0 aliphatic heterocycles. The first-order valence-corrected chi connectivity index (χ1v) is 12.6. The molecule has 182 valence electrons. The number of unbranched alkanes of at least 4 members (excludes halogenated alkanes) is 9. The van der Waals surface area contributed by atoms with Gasteiger partial charge in [0.2, 0.25) is 5.91 Å². The molecule has 1 aromatic carbocycles. The van der Waals surface area contributed by atoms with E-state index in [-0.39, 0.29) is 12.3 Å². The van der Waals surface area contributed by atoms with Crippen LogP contribution in [0.15, 0.2) is 42.7 Å². The Kier molecular flexibility index (Phi) is 13.0. The molecular formula is C28H43N2O3+. The van der Waals surface area contributed by atoms with Crippen molar-refractivity contribution in [1.82, 2.24) is 5.32 Å². The maximum Gasteiger partial charge on any atom is 0.224 e. The van der Waals surface area contributed by atoms with Crippen LogP contribution in [0.4, 0.5) is 0 Å². The zero-order valence-electron chi connectivity index (χ0n) is 20.9. The predicted molar refractivity (Wildman–Crippen MR) is 134 cm³/mol. The molecule has 0 saturated carbocycles. The summed E-state index contributed by atoms with van der Waals surface area (Å²) in [6.45, 7) is 3.50. The molecule has 0 aliphatic rings. The molecule has 1 aromatic heterocycles. The molecule has 1 N–H and O–H groups in total. The lowest BCUT2D eigenvalue weighted by Crippen LogP contribution is -2.28. The van der Waals surface area contributed by atoms with Crippen LogP contribution in [0.3, 0.4) is 0 Å². The number of carbonyl (C=O) groups is 1. The van der Waals surface area contributed by atoms with E-state index in [2.05, 4.69) is 12.2 Å². The number of rotatable bonds is 17. The van der Waals surface area contributed by atoms with Gasteiger partial charge in [0.1, 0.15) is 18.5 Å². The number of methoxy groups -OCH3 is 1. The molecule has 1 heterocycles. The Balaban J connectivity index is 1.64. The quantitative estimate of drug-likeness (QED) is 0.247. The van der Waals surface area contributed by atoms with Crippen LogP contribution >= 0.6 is 0 Å². The van der Waals surface area contributed by atoms with Crippen LogP contribution in [0.25, 0.3) is 0 Å². The van der Waals surface area contributed by atoms with Crippen molar-refractivity contribution < 1.29 is 18.8 Å². The molecule has 2 aromatic rings. The molecule has 33 heavy (non-hydrogen) atoms. The van der Waals surface area contributed by atoms with Crippen molar-refractivity contribution in [2.24, 2.45) is 7.05 Å². The van der Waals surface area contributed by atoms with Crippen LogP contribution in [0.2, 0.25) is 0 Å². The number of hydrogen-bond donors (Lipinski definition) is 1. The molecular weight excluding hydrogens is 412 g/mol. The Morgan fingerprint density at radius 3 is 2.18 bits per heavy atom. The third-order valence-electron chi connectivity index (χ3n) is 5.91. The van der Waals surface area contributed by atoms with Gasteiger partial charge in [0.15, 0.2) is 12.4 Å². The van der Waals surface area contributed by atoms with Crippen LogP contribution in [-0.2, 0) is 24.8 Å². The molecule has 5 heteroatoms. The Hall–Kier alpha value is -2.56. The summed E-state index contributed by atoms with van der Waals surface area (Å²) in [5, 5.41) is 2.97. The SMILES string of the molecule is CCCCCCCCCCCCOc1ccc(CC(=O)NCc2cc[n+](C)cc2)c(OC)c1. The van der Waals surface area contributed by atoms with Gasteiger partial charge in [0, 0.05) is 30.3 Å². The fourth-order valence-corrected chi connectivity index (χ4v) is 3.83. The third kappa shape index (κ3) is 11.2. The van der Waals surface area contributed by atoms with E-state index >= 15 is 0 Å². The molecule has 0 bridgehead atoms. The molecule has 0 radical (unpaired) electrons. The highest BCUT2D eigenvalue weighted by Gasteiger charge is 2.10. The summed E-state index contributed by atoms with van der Waals surface area (Å²) < 4.78 is 13.4. The first kappa shape index (κ1) is 26.7. The smallest absolute Gasteiger partial charge is 0.224 e. The average molecular weight is 456 g/mol. The van der Waals surface area contributed by atoms with E-state index in [0.717, 1.165) is 23.3 Å². The number of benzene rings is 1. The van der Waals surface area contributed by atoms with Gasteiger partial charge in [-0.15, -0.1) is 0 Å². The van der Waals surface area contributed by atoms with Gasteiger partial charge in [-0.05, 0) is 18.1 Å². The number of amides is 1. The lowest BCUT2D eigenvalue weighted by molar-refractivity contribution is -0.671. The van der Waals surface area contributed by atoms with Crippen molar-refractivity contribution in [3.05, 3.63) is 53.9 Å². The Labute approximate surface area is 200 Å². The summed E-state index contributed by atoms with van der Waals surface area (Å²) in [4.78, 5) is 12.4. The van der Waals surface area contributed by atoms with E-state index in [1.807, 2.05) is 54.3 Å². The normalized spacial score (nSPS) is 10.8. The van der Waals surface area contributed by atoms with Gasteiger partial charge in [0.05, 0.1) is 20.1 Å². The van der Waals surface area contributed by atoms with Crippen LogP contribution < -0.4 is 19.4 Å². The number of pyridine rings is 1. The van der Waals surface area contributed by atoms with Gasteiger partial charge in [0.25, 0.3) is 0 Å². The minimum absolute atomic E-state index is 0.0273. The fourth-order valence-electron chi connectivity index (χ4n) is 3.83. The Bertz CT molecular complexity index is 805. The lowest BCUT2D eigenvalue weighted by atomic mass is 10.1. The second-order valence-electron chi connectivity index (χ2n) is 8.83. The zero-order chi connectivity index (χ0) is 23.7. The summed E-state index contributed by atoms with van der Waals surface area (Å²) in [5.74, 6) is 1.46. The third-order valence-corrected chi connectivity index (χ3v) is 5.91. The van der Waals surface area contributed by atoms with Crippen LogP contribution in [-0.4, -0.2) is 19.6 Å². The van der Waals surface area contributed by atoms with Gasteiger partial charge in [-0.3, -0.25) is 4.79 Å². The molecule has 2 rings (SSSR count). The Morgan fingerprint density at radius 2 is 1.55 bits per heavy atom. The van der Waals surface area contributed by atoms with E-state index in [9.17, 15) is 4.79 Å². The van der Waals surface area contributed by atoms with Crippen LogP contribution in [0.5, 0.6) is 11.5 Å². The molecule has 0 fully saturated rings. The van der Waals surface area contributed by atoms with E-state index in [1.54, 1.807) is 7.11 Å². The highest BCUT2D eigenvalue weighted by atomic mass is 16.5. The van der Waals surface area contributed by atoms with Gasteiger partial charge < -0.3 is 14.8 Å². The predicted octanol–water partition coefficient (Wildman–Crippen LogP) is 5.68. The second kappa shape index (κ2) is 16.1. The van der Waals surface area contributed by atoms with Crippen LogP contribution in [0, 0.1) is 0 Å². The monoisotopic (exact) mass is 455 g/mol. The number of nitrogens with one attached hydrogen (secondary N) is 1. The van der Waals surface area contributed by atoms with Crippen molar-refractivity contribution >= 4 is 5.91 Å². The van der Waals surface area contributed by atoms with Gasteiger partial charge in [-0.1, -0.05) is 70.8 Å². The zero-order valence-corrected chi connectivity index (χ0v) is 20.9. The summed E-state index contributed by atoms with van der Waals surface area (Å²) >= 11 is 0. The maximum atomic E-state index is 12.4. The maximum absolute atomic E-state index is 12.4. The lowest BCUT2D eigenvalue weighted by Gasteiger charge is -2.12. The van der Waals surface area contributed by atoms with E-state index in [4.69, 9.17) is 9.47 Å². The standard InChI is InChI=1S/C28H42N2O3/c1-4-5-6-7-8-9-10-11-12-13-20-33-26-15-14-25(27(22-26)32-3)21-28(31)29-23-24-16-18-30(2)19-17-24/h14-19,22H,4-13,20-21,23H2,1-3H3/p+1. The molecule has 0 aliphatic carbocycles. The Morgan fingerprint density at radius 1 is 0.909 bits per heavy atom. The van der Waals surface area contributed by atoms with Crippen molar-refractivity contribution in [1.29, 1.82) is 0 Å². The van der Waals surface area contributed by atoms with Crippen molar-refractivity contribution in [3.8, 4) is 11.5 Å².